The van der Waals surface area contributed by atoms with Gasteiger partial charge in [-0.1, -0.05) is 39.8 Å². The summed E-state index contributed by atoms with van der Waals surface area (Å²) in [5, 5.41) is 31.4. The summed E-state index contributed by atoms with van der Waals surface area (Å²) in [4.78, 5) is 27.1. The van der Waals surface area contributed by atoms with Crippen LogP contribution in [0.25, 0.3) is 0 Å². The third-order valence-electron chi connectivity index (χ3n) is 11.3. The number of carboxylic acid groups (broad SMARTS) is 1. The minimum atomic E-state index is -1.99. The third kappa shape index (κ3) is 3.80. The molecule has 5 rings (SSSR count). The topological polar surface area (TPSA) is 127 Å². The zero-order valence-electron chi connectivity index (χ0n) is 22.7. The average Bonchev–Trinajstić information content (AvgIpc) is 3.44. The van der Waals surface area contributed by atoms with E-state index in [9.17, 15) is 29.4 Å². The highest BCUT2D eigenvalue weighted by Crippen LogP contribution is 2.69. The van der Waals surface area contributed by atoms with Gasteiger partial charge in [0, 0.05) is 34.8 Å². The molecule has 1 aliphatic heterocycles. The lowest BCUT2D eigenvalue weighted by atomic mass is 9.41. The summed E-state index contributed by atoms with van der Waals surface area (Å²) >= 11 is -1.99. The van der Waals surface area contributed by atoms with Gasteiger partial charge in [-0.2, -0.15) is 0 Å². The highest BCUT2D eigenvalue weighted by molar-refractivity contribution is 7.92. The summed E-state index contributed by atoms with van der Waals surface area (Å²) in [7, 11) is -1.14. The van der Waals surface area contributed by atoms with E-state index in [2.05, 4.69) is 13.5 Å². The molecule has 9 heteroatoms. The van der Waals surface area contributed by atoms with E-state index in [4.69, 9.17) is 4.65 Å². The first kappa shape index (κ1) is 27.9. The second-order valence-electron chi connectivity index (χ2n) is 12.8. The lowest BCUT2D eigenvalue weighted by Gasteiger charge is -2.62. The average molecular weight is 543 g/mol. The first-order valence-electron chi connectivity index (χ1n) is 13.7. The van der Waals surface area contributed by atoms with Crippen molar-refractivity contribution in [3.63, 3.8) is 0 Å². The molecular formula is C29H39BO7S. The van der Waals surface area contributed by atoms with Crippen LogP contribution in [0, 0.1) is 39.9 Å². The fraction of sp³-hybridized carbons (Fsp3) is 0.655. The molecule has 0 saturated heterocycles. The number of carbonyl (C=O) groups excluding carboxylic acids is 1. The number of aliphatic hydroxyl groups excluding tert-OH is 1. The molecule has 1 aromatic rings. The smallest absolute Gasteiger partial charge is 0.491 e. The second kappa shape index (κ2) is 9.48. The van der Waals surface area contributed by atoms with Gasteiger partial charge in [0.15, 0.2) is 4.90 Å². The molecule has 38 heavy (non-hydrogen) atoms. The number of Topliss-reactive ketones (excluding diaryl/α,β-unsaturated/α-hetero) is 1. The van der Waals surface area contributed by atoms with Gasteiger partial charge in [0.05, 0.1) is 12.7 Å². The number of fused-ring (bicyclic) bond motifs is 1. The van der Waals surface area contributed by atoms with Gasteiger partial charge in [-0.3, -0.25) is 4.79 Å². The molecule has 3 N–H and O–H groups in total. The van der Waals surface area contributed by atoms with E-state index in [-0.39, 0.29) is 30.6 Å². The van der Waals surface area contributed by atoms with Crippen LogP contribution < -0.4 is 5.46 Å². The predicted octanol–water partition coefficient (Wildman–Crippen LogP) is 3.08. The summed E-state index contributed by atoms with van der Waals surface area (Å²) in [6, 6.07) is 4.96. The van der Waals surface area contributed by atoms with Gasteiger partial charge in [-0.15, -0.1) is 6.58 Å². The van der Waals surface area contributed by atoms with Crippen LogP contribution in [0.5, 0.6) is 0 Å². The largest absolute Gasteiger partial charge is 0.611 e. The minimum Gasteiger partial charge on any atom is -0.611 e. The Bertz CT molecular complexity index is 1160. The van der Waals surface area contributed by atoms with Crippen LogP contribution in [0.3, 0.4) is 0 Å². The summed E-state index contributed by atoms with van der Waals surface area (Å²) in [6.45, 7) is 12.4. The normalized spacial score (nSPS) is 42.0. The van der Waals surface area contributed by atoms with Gasteiger partial charge in [-0.05, 0) is 71.5 Å². The number of aliphatic carboxylic acids is 1. The van der Waals surface area contributed by atoms with Crippen molar-refractivity contribution in [1.82, 2.24) is 0 Å². The molecule has 1 unspecified atom stereocenters. The molecule has 3 fully saturated rings. The highest BCUT2D eigenvalue weighted by Gasteiger charge is 2.69. The van der Waals surface area contributed by atoms with Crippen LogP contribution in [-0.4, -0.2) is 50.0 Å². The minimum absolute atomic E-state index is 0.0262. The summed E-state index contributed by atoms with van der Waals surface area (Å²) in [5.74, 6) is -2.26. The van der Waals surface area contributed by atoms with Crippen LogP contribution in [0.2, 0.25) is 0 Å². The number of carbonyl (C=O) groups is 2. The van der Waals surface area contributed by atoms with Gasteiger partial charge in [0.2, 0.25) is 5.25 Å². The Balaban J connectivity index is 1.69. The molecule has 0 spiro atoms. The van der Waals surface area contributed by atoms with Gasteiger partial charge < -0.3 is 24.4 Å². The maximum Gasteiger partial charge on any atom is 0.491 e. The summed E-state index contributed by atoms with van der Waals surface area (Å²) in [5.41, 5.74) is -0.712. The van der Waals surface area contributed by atoms with Gasteiger partial charge in [-0.25, -0.2) is 4.79 Å². The van der Waals surface area contributed by atoms with Gasteiger partial charge in [0.25, 0.3) is 0 Å². The number of ketones is 1. The number of carboxylic acids is 1. The zero-order valence-corrected chi connectivity index (χ0v) is 23.5. The van der Waals surface area contributed by atoms with E-state index < -0.39 is 63.7 Å². The van der Waals surface area contributed by atoms with E-state index in [1.54, 1.807) is 24.3 Å². The lowest BCUT2D eigenvalue weighted by molar-refractivity contribution is -0.179. The molecule has 3 aliphatic carbocycles. The van der Waals surface area contributed by atoms with Crippen molar-refractivity contribution in [2.75, 3.05) is 0 Å². The number of benzene rings is 1. The maximum atomic E-state index is 14.3. The molecule has 4 aliphatic rings. The zero-order chi connectivity index (χ0) is 27.8. The Labute approximate surface area is 228 Å². The van der Waals surface area contributed by atoms with Gasteiger partial charge in [0.1, 0.15) is 5.78 Å². The van der Waals surface area contributed by atoms with Crippen LogP contribution in [0.15, 0.2) is 35.7 Å². The van der Waals surface area contributed by atoms with Gasteiger partial charge >= 0.3 is 13.1 Å². The van der Waals surface area contributed by atoms with Crippen molar-refractivity contribution >= 4 is 35.5 Å². The van der Waals surface area contributed by atoms with Crippen LogP contribution in [0.4, 0.5) is 0 Å². The Morgan fingerprint density at radius 1 is 1.32 bits per heavy atom. The molecule has 0 aromatic heterocycles. The fourth-order valence-corrected chi connectivity index (χ4v) is 10.4. The number of aliphatic hydroxyl groups is 1. The molecule has 0 radical (unpaired) electrons. The molecule has 2 bridgehead atoms. The highest BCUT2D eigenvalue weighted by atomic mass is 32.2. The van der Waals surface area contributed by atoms with E-state index in [1.165, 1.54) is 0 Å². The predicted molar refractivity (Wildman–Crippen MR) is 145 cm³/mol. The van der Waals surface area contributed by atoms with E-state index >= 15 is 0 Å². The first-order valence-corrected chi connectivity index (χ1v) is 14.9. The van der Waals surface area contributed by atoms with Crippen molar-refractivity contribution < 1.29 is 34.0 Å². The Morgan fingerprint density at radius 2 is 2.03 bits per heavy atom. The van der Waals surface area contributed by atoms with E-state index in [1.807, 2.05) is 20.8 Å². The van der Waals surface area contributed by atoms with Crippen molar-refractivity contribution in [1.29, 1.82) is 0 Å². The Hall–Kier alpha value is -1.65. The number of hydrogen-bond donors (Lipinski definition) is 3. The molecule has 1 heterocycles. The number of hydrogen-bond acceptors (Lipinski definition) is 6. The molecule has 10 atom stereocenters. The maximum absolute atomic E-state index is 14.3. The molecular weight excluding hydrogens is 503 g/mol. The molecule has 3 saturated carbocycles. The second-order valence-corrected chi connectivity index (χ2v) is 14.3. The molecule has 1 aromatic carbocycles. The SMILES string of the molecule is C=C[C@]1(C)C[C@@H](C(C(=O)O)[S@@+]([O-])c2ccc3c(c2)B(O)OC3)[C@]2(C)[C@H](C)CC[C@]3(CCC(=O)[C@H]32)[C@@H](C)[C@@H]1O. The van der Waals surface area contributed by atoms with Crippen LogP contribution in [-0.2, 0) is 32.0 Å². The fourth-order valence-electron chi connectivity index (χ4n) is 8.79. The summed E-state index contributed by atoms with van der Waals surface area (Å²) in [6.07, 6.45) is 3.89. The van der Waals surface area contributed by atoms with Crippen LogP contribution >= 0.6 is 0 Å². The first-order chi connectivity index (χ1) is 17.8. The standard InChI is InChI=1S/C29H39BO7S/c1-6-27(4)14-20(23(26(33)34)38(36)19-8-7-18-15-37-30(35)21(18)13-19)28(5)16(2)9-11-29(17(3)25(27)32)12-10-22(31)24(28)29/h6-8,13,16-17,20,23-25,32,35H,1,9-12,14-15H2,2-5H3,(H,33,34)/t16-,17+,20+,23?,24+,25+,27-,28+,29+,38+/m1/s1. The van der Waals surface area contributed by atoms with Crippen LogP contribution in [0.1, 0.15) is 65.4 Å². The van der Waals surface area contributed by atoms with Crippen molar-refractivity contribution in [2.45, 2.75) is 82.7 Å². The van der Waals surface area contributed by atoms with Crippen molar-refractivity contribution in [3.8, 4) is 0 Å². The van der Waals surface area contributed by atoms with Crippen molar-refractivity contribution in [3.05, 3.63) is 36.4 Å². The molecule has 7 nitrogen and oxygen atoms in total. The Morgan fingerprint density at radius 3 is 2.68 bits per heavy atom. The quantitative estimate of drug-likeness (QED) is 0.297. The number of rotatable bonds is 5. The monoisotopic (exact) mass is 542 g/mol. The third-order valence-corrected chi connectivity index (χ3v) is 13.0. The lowest BCUT2D eigenvalue weighted by Crippen LogP contribution is -2.63. The Kier molecular flexibility index (Phi) is 6.96. The van der Waals surface area contributed by atoms with E-state index in [0.717, 1.165) is 18.4 Å². The molecule has 206 valence electrons. The van der Waals surface area contributed by atoms with E-state index in [0.29, 0.717) is 23.2 Å². The molecule has 0 amide bonds. The van der Waals surface area contributed by atoms with Crippen molar-refractivity contribution in [2.24, 2.45) is 39.9 Å². The summed E-state index contributed by atoms with van der Waals surface area (Å²) < 4.78 is 19.5.